The third-order valence-corrected chi connectivity index (χ3v) is 7.63. The van der Waals surface area contributed by atoms with Crippen LogP contribution in [-0.4, -0.2) is 56.8 Å². The van der Waals surface area contributed by atoms with E-state index < -0.39 is 23.0 Å². The number of hydrogen-bond acceptors (Lipinski definition) is 4. The Morgan fingerprint density at radius 3 is 2.58 bits per heavy atom. The number of halogens is 1. The van der Waals surface area contributed by atoms with Gasteiger partial charge in [0.05, 0.1) is 23.0 Å². The summed E-state index contributed by atoms with van der Waals surface area (Å²) in [5.74, 6) is -0.847. The molecule has 5 rings (SSSR count). The van der Waals surface area contributed by atoms with Gasteiger partial charge >= 0.3 is 5.69 Å². The highest BCUT2D eigenvalue weighted by atomic mass is 19.1. The fourth-order valence-electron chi connectivity index (χ4n) is 5.57. The fourth-order valence-corrected chi connectivity index (χ4v) is 5.57. The summed E-state index contributed by atoms with van der Waals surface area (Å²) in [5.41, 5.74) is -0.235. The van der Waals surface area contributed by atoms with Crippen molar-refractivity contribution in [2.24, 2.45) is 5.92 Å². The van der Waals surface area contributed by atoms with E-state index in [1.807, 2.05) is 4.90 Å². The summed E-state index contributed by atoms with van der Waals surface area (Å²) in [5, 5.41) is 0.360. The summed E-state index contributed by atoms with van der Waals surface area (Å²) in [6, 6.07) is 11.0. The molecule has 1 atom stereocenters. The van der Waals surface area contributed by atoms with Crippen LogP contribution < -0.4 is 11.2 Å². The maximum Gasteiger partial charge on any atom is 0.329 e. The van der Waals surface area contributed by atoms with Crippen LogP contribution in [0.15, 0.2) is 52.1 Å². The monoisotopic (exact) mass is 492 g/mol. The number of benzene rings is 2. The van der Waals surface area contributed by atoms with Crippen molar-refractivity contribution in [2.45, 2.75) is 45.2 Å². The minimum absolute atomic E-state index is 0.0439. The molecule has 1 saturated heterocycles. The zero-order chi connectivity index (χ0) is 25.4. The van der Waals surface area contributed by atoms with Crippen molar-refractivity contribution < 1.29 is 14.0 Å². The molecule has 8 nitrogen and oxygen atoms in total. The van der Waals surface area contributed by atoms with Gasteiger partial charge in [0.1, 0.15) is 12.4 Å². The number of carbonyl (C=O) groups is 2. The maximum atomic E-state index is 14.7. The van der Waals surface area contributed by atoms with Crippen molar-refractivity contribution in [3.8, 4) is 0 Å². The van der Waals surface area contributed by atoms with Gasteiger partial charge in [-0.1, -0.05) is 31.0 Å². The van der Waals surface area contributed by atoms with Crippen LogP contribution >= 0.6 is 0 Å². The zero-order valence-corrected chi connectivity index (χ0v) is 20.2. The molecule has 0 bridgehead atoms. The number of piperazine rings is 1. The number of hydrogen-bond donors (Lipinski definition) is 1. The zero-order valence-electron chi connectivity index (χ0n) is 20.2. The molecule has 1 unspecified atom stereocenters. The first-order valence-corrected chi connectivity index (χ1v) is 12.4. The number of H-pyrrole nitrogens is 1. The van der Waals surface area contributed by atoms with E-state index in [0.717, 1.165) is 12.8 Å². The van der Waals surface area contributed by atoms with E-state index >= 15 is 0 Å². The molecule has 1 aliphatic carbocycles. The van der Waals surface area contributed by atoms with E-state index in [4.69, 9.17) is 0 Å². The van der Waals surface area contributed by atoms with Crippen LogP contribution in [0.5, 0.6) is 0 Å². The summed E-state index contributed by atoms with van der Waals surface area (Å²) < 4.78 is 16.1. The molecular formula is C27H29FN4O4. The number of aromatic amines is 1. The van der Waals surface area contributed by atoms with E-state index in [1.165, 1.54) is 40.5 Å². The van der Waals surface area contributed by atoms with Crippen molar-refractivity contribution in [3.63, 3.8) is 0 Å². The van der Waals surface area contributed by atoms with Gasteiger partial charge in [-0.05, 0) is 55.5 Å². The van der Waals surface area contributed by atoms with E-state index in [2.05, 4.69) is 11.9 Å². The minimum Gasteiger partial charge on any atom is -0.336 e. The average molecular weight is 493 g/mol. The van der Waals surface area contributed by atoms with Crippen molar-refractivity contribution in [3.05, 3.63) is 80.2 Å². The minimum atomic E-state index is -0.684. The van der Waals surface area contributed by atoms with Gasteiger partial charge < -0.3 is 9.80 Å². The van der Waals surface area contributed by atoms with Crippen molar-refractivity contribution in [1.82, 2.24) is 19.4 Å². The maximum absolute atomic E-state index is 14.7. The van der Waals surface area contributed by atoms with Crippen LogP contribution in [0.2, 0.25) is 0 Å². The smallest absolute Gasteiger partial charge is 0.329 e. The van der Waals surface area contributed by atoms with Crippen molar-refractivity contribution in [1.29, 1.82) is 0 Å². The second-order valence-corrected chi connectivity index (χ2v) is 9.78. The second kappa shape index (κ2) is 9.72. The lowest BCUT2D eigenvalue weighted by Crippen LogP contribution is -2.56. The van der Waals surface area contributed by atoms with Gasteiger partial charge in [0, 0.05) is 19.1 Å². The molecule has 0 spiro atoms. The number of nitrogens with one attached hydrogen (secondary N) is 1. The number of carbonyl (C=O) groups excluding carboxylic acids is 2. The summed E-state index contributed by atoms with van der Waals surface area (Å²) >= 11 is 0. The van der Waals surface area contributed by atoms with Gasteiger partial charge in [-0.15, -0.1) is 0 Å². The molecule has 1 aliphatic heterocycles. The first-order valence-electron chi connectivity index (χ1n) is 12.4. The Morgan fingerprint density at radius 1 is 1.08 bits per heavy atom. The van der Waals surface area contributed by atoms with Crippen LogP contribution in [0.25, 0.3) is 10.9 Å². The Balaban J connectivity index is 1.36. The highest BCUT2D eigenvalue weighted by Gasteiger charge is 2.35. The topological polar surface area (TPSA) is 95.5 Å². The largest absolute Gasteiger partial charge is 0.336 e. The van der Waals surface area contributed by atoms with Gasteiger partial charge in [0.2, 0.25) is 5.91 Å². The summed E-state index contributed by atoms with van der Waals surface area (Å²) in [6.07, 6.45) is 4.63. The number of para-hydroxylation sites is 1. The van der Waals surface area contributed by atoms with E-state index in [-0.39, 0.29) is 30.6 Å². The third-order valence-electron chi connectivity index (χ3n) is 7.63. The molecule has 1 N–H and O–H groups in total. The lowest BCUT2D eigenvalue weighted by atomic mass is 9.97. The van der Waals surface area contributed by atoms with Crippen LogP contribution in [0, 0.1) is 11.7 Å². The fraction of sp³-hybridized carbons (Fsp3) is 0.407. The second-order valence-electron chi connectivity index (χ2n) is 9.78. The normalized spacial score (nSPS) is 17.7. The van der Waals surface area contributed by atoms with Crippen LogP contribution in [0.1, 0.15) is 48.5 Å². The Labute approximate surface area is 207 Å². The molecule has 2 amide bonds. The Morgan fingerprint density at radius 2 is 1.83 bits per heavy atom. The molecule has 2 fully saturated rings. The molecule has 0 radical (unpaired) electrons. The lowest BCUT2D eigenvalue weighted by Gasteiger charge is -2.40. The first kappa shape index (κ1) is 24.0. The highest BCUT2D eigenvalue weighted by Crippen LogP contribution is 2.31. The molecule has 1 saturated carbocycles. The molecule has 1 aromatic heterocycles. The number of rotatable bonds is 5. The molecular weight excluding hydrogens is 463 g/mol. The number of fused-ring (bicyclic) bond motifs is 1. The van der Waals surface area contributed by atoms with E-state index in [1.54, 1.807) is 24.3 Å². The first-order chi connectivity index (χ1) is 17.3. The number of aromatic nitrogens is 2. The van der Waals surface area contributed by atoms with Crippen LogP contribution in [0.3, 0.4) is 0 Å². The molecule has 2 aromatic carbocycles. The predicted molar refractivity (Wildman–Crippen MR) is 133 cm³/mol. The van der Waals surface area contributed by atoms with Crippen molar-refractivity contribution >= 4 is 22.7 Å². The average Bonchev–Trinajstić information content (AvgIpc) is 3.42. The molecule has 188 valence electrons. The molecule has 3 aromatic rings. The third kappa shape index (κ3) is 4.45. The van der Waals surface area contributed by atoms with Gasteiger partial charge in [-0.3, -0.25) is 23.9 Å². The molecule has 2 heterocycles. The number of amides is 2. The van der Waals surface area contributed by atoms with Gasteiger partial charge in [-0.25, -0.2) is 9.18 Å². The molecule has 36 heavy (non-hydrogen) atoms. The SMILES string of the molecule is CC(C1CCCC1)N1CCN(C(=O)c2cc(Cn3c(=O)[nH]c(=O)c4ccccc43)ccc2F)CC1=O. The number of nitrogens with zero attached hydrogens (tertiary/aromatic N) is 3. The standard InChI is InChI=1S/C27H29FN4O4/c1-17(19-6-2-3-7-19)31-13-12-30(16-24(31)33)26(35)21-14-18(10-11-22(21)28)15-32-23-9-5-4-8-20(23)25(34)29-27(32)36/h4-5,8-11,14,17,19H,2-3,6-7,12-13,15-16H2,1H3,(H,29,34,36). The molecule has 2 aliphatic rings. The Hall–Kier alpha value is -3.75. The van der Waals surface area contributed by atoms with Crippen LogP contribution in [-0.2, 0) is 11.3 Å². The van der Waals surface area contributed by atoms with Gasteiger partial charge in [0.25, 0.3) is 11.5 Å². The quantitative estimate of drug-likeness (QED) is 0.593. The summed E-state index contributed by atoms with van der Waals surface area (Å²) in [6.45, 7) is 2.82. The van der Waals surface area contributed by atoms with E-state index in [9.17, 15) is 23.6 Å². The van der Waals surface area contributed by atoms with Gasteiger partial charge in [0.15, 0.2) is 0 Å². The predicted octanol–water partition coefficient (Wildman–Crippen LogP) is 2.74. The molecule has 9 heteroatoms. The van der Waals surface area contributed by atoms with Gasteiger partial charge in [-0.2, -0.15) is 0 Å². The lowest BCUT2D eigenvalue weighted by molar-refractivity contribution is -0.138. The summed E-state index contributed by atoms with van der Waals surface area (Å²) in [7, 11) is 0. The van der Waals surface area contributed by atoms with Crippen LogP contribution in [0.4, 0.5) is 4.39 Å². The Kier molecular flexibility index (Phi) is 6.47. The van der Waals surface area contributed by atoms with E-state index in [0.29, 0.717) is 35.5 Å². The summed E-state index contributed by atoms with van der Waals surface area (Å²) in [4.78, 5) is 56.3. The van der Waals surface area contributed by atoms with Crippen molar-refractivity contribution in [2.75, 3.05) is 19.6 Å². The highest BCUT2D eigenvalue weighted by molar-refractivity contribution is 5.97. The Bertz CT molecular complexity index is 1440.